The molecular weight excluding hydrogens is 222 g/mol. The van der Waals surface area contributed by atoms with E-state index in [1.807, 2.05) is 0 Å². The lowest BCUT2D eigenvalue weighted by Gasteiger charge is -2.34. The summed E-state index contributed by atoms with van der Waals surface area (Å²) in [6.45, 7) is 11.0. The first-order chi connectivity index (χ1) is 8.63. The van der Waals surface area contributed by atoms with Crippen molar-refractivity contribution in [1.82, 2.24) is 15.2 Å². The molecular formula is C15H25N3. The lowest BCUT2D eigenvalue weighted by Crippen LogP contribution is -2.50. The van der Waals surface area contributed by atoms with E-state index in [9.17, 15) is 0 Å². The van der Waals surface area contributed by atoms with Crippen LogP contribution in [0.2, 0.25) is 0 Å². The summed E-state index contributed by atoms with van der Waals surface area (Å²) in [5.74, 6) is 0.763. The molecule has 0 aliphatic carbocycles. The number of pyridine rings is 1. The summed E-state index contributed by atoms with van der Waals surface area (Å²) in [6, 6.07) is 6.93. The second-order valence-corrected chi connectivity index (χ2v) is 5.79. The van der Waals surface area contributed by atoms with Crippen LogP contribution in [0, 0.1) is 12.8 Å². The van der Waals surface area contributed by atoms with E-state index in [0.29, 0.717) is 6.04 Å². The number of piperazine rings is 1. The molecule has 18 heavy (non-hydrogen) atoms. The standard InChI is InChI=1S/C15H25N3/c1-12(2)9-15-11-18(8-7-16-15)10-14-6-4-5-13(3)17-14/h4-6,12,15-16H,7-11H2,1-3H3. The number of rotatable bonds is 4. The van der Waals surface area contributed by atoms with Crippen LogP contribution in [-0.2, 0) is 6.54 Å². The number of hydrogen-bond acceptors (Lipinski definition) is 3. The fraction of sp³-hybridized carbons (Fsp3) is 0.667. The van der Waals surface area contributed by atoms with E-state index in [2.05, 4.69) is 54.2 Å². The van der Waals surface area contributed by atoms with Crippen molar-refractivity contribution >= 4 is 0 Å². The van der Waals surface area contributed by atoms with Crippen LogP contribution in [0.1, 0.15) is 31.7 Å². The minimum absolute atomic E-state index is 0.642. The van der Waals surface area contributed by atoms with E-state index >= 15 is 0 Å². The van der Waals surface area contributed by atoms with Gasteiger partial charge in [0, 0.05) is 37.9 Å². The first-order valence-corrected chi connectivity index (χ1v) is 7.02. The van der Waals surface area contributed by atoms with Gasteiger partial charge in [-0.15, -0.1) is 0 Å². The van der Waals surface area contributed by atoms with E-state index in [0.717, 1.165) is 37.8 Å². The van der Waals surface area contributed by atoms with Crippen molar-refractivity contribution in [3.8, 4) is 0 Å². The van der Waals surface area contributed by atoms with Gasteiger partial charge in [0.25, 0.3) is 0 Å². The highest BCUT2D eigenvalue weighted by Crippen LogP contribution is 2.11. The van der Waals surface area contributed by atoms with Crippen LogP contribution in [0.5, 0.6) is 0 Å². The SMILES string of the molecule is Cc1cccc(CN2CCNC(CC(C)C)C2)n1. The van der Waals surface area contributed by atoms with Crippen molar-refractivity contribution in [2.75, 3.05) is 19.6 Å². The summed E-state index contributed by atoms with van der Waals surface area (Å²) in [6.07, 6.45) is 1.26. The van der Waals surface area contributed by atoms with Crippen molar-refractivity contribution in [3.05, 3.63) is 29.6 Å². The fourth-order valence-corrected chi connectivity index (χ4v) is 2.68. The smallest absolute Gasteiger partial charge is 0.0547 e. The molecule has 1 N–H and O–H groups in total. The van der Waals surface area contributed by atoms with Gasteiger partial charge in [0.1, 0.15) is 0 Å². The third-order valence-corrected chi connectivity index (χ3v) is 3.43. The maximum atomic E-state index is 4.59. The van der Waals surface area contributed by atoms with Crippen LogP contribution in [0.25, 0.3) is 0 Å². The molecule has 2 rings (SSSR count). The van der Waals surface area contributed by atoms with Gasteiger partial charge in [0.15, 0.2) is 0 Å². The predicted octanol–water partition coefficient (Wildman–Crippen LogP) is 2.21. The highest BCUT2D eigenvalue weighted by atomic mass is 15.2. The van der Waals surface area contributed by atoms with Crippen molar-refractivity contribution in [2.45, 2.75) is 39.8 Å². The first kappa shape index (κ1) is 13.5. The van der Waals surface area contributed by atoms with Gasteiger partial charge in [0.05, 0.1) is 5.69 Å². The van der Waals surface area contributed by atoms with Gasteiger partial charge in [-0.25, -0.2) is 0 Å². The molecule has 1 atom stereocenters. The van der Waals surface area contributed by atoms with Crippen LogP contribution in [0.3, 0.4) is 0 Å². The summed E-state index contributed by atoms with van der Waals surface area (Å²) >= 11 is 0. The highest BCUT2D eigenvalue weighted by Gasteiger charge is 2.20. The van der Waals surface area contributed by atoms with E-state index in [1.165, 1.54) is 12.1 Å². The van der Waals surface area contributed by atoms with Gasteiger partial charge < -0.3 is 5.32 Å². The van der Waals surface area contributed by atoms with Crippen molar-refractivity contribution in [1.29, 1.82) is 0 Å². The number of nitrogens with one attached hydrogen (secondary N) is 1. The van der Waals surface area contributed by atoms with Crippen LogP contribution in [-0.4, -0.2) is 35.6 Å². The molecule has 100 valence electrons. The maximum absolute atomic E-state index is 4.59. The van der Waals surface area contributed by atoms with Crippen LogP contribution < -0.4 is 5.32 Å². The Morgan fingerprint density at radius 1 is 1.44 bits per heavy atom. The molecule has 0 amide bonds. The van der Waals surface area contributed by atoms with Gasteiger partial charge in [0.2, 0.25) is 0 Å². The molecule has 1 aliphatic heterocycles. The average Bonchev–Trinajstić information content (AvgIpc) is 2.28. The topological polar surface area (TPSA) is 28.2 Å². The van der Waals surface area contributed by atoms with E-state index in [1.54, 1.807) is 0 Å². The van der Waals surface area contributed by atoms with Crippen LogP contribution >= 0.6 is 0 Å². The Labute approximate surface area is 111 Å². The minimum Gasteiger partial charge on any atom is -0.311 e. The molecule has 1 saturated heterocycles. The van der Waals surface area contributed by atoms with Gasteiger partial charge >= 0.3 is 0 Å². The molecule has 0 bridgehead atoms. The monoisotopic (exact) mass is 247 g/mol. The van der Waals surface area contributed by atoms with Gasteiger partial charge in [-0.2, -0.15) is 0 Å². The largest absolute Gasteiger partial charge is 0.311 e. The summed E-state index contributed by atoms with van der Waals surface area (Å²) in [7, 11) is 0. The molecule has 1 aromatic rings. The molecule has 0 radical (unpaired) electrons. The summed E-state index contributed by atoms with van der Waals surface area (Å²) in [5.41, 5.74) is 2.31. The second kappa shape index (κ2) is 6.30. The Bertz CT molecular complexity index is 376. The van der Waals surface area contributed by atoms with E-state index in [4.69, 9.17) is 0 Å². The van der Waals surface area contributed by atoms with Crippen molar-refractivity contribution in [3.63, 3.8) is 0 Å². The summed E-state index contributed by atoms with van der Waals surface area (Å²) in [4.78, 5) is 7.11. The highest BCUT2D eigenvalue weighted by molar-refractivity contribution is 5.10. The third kappa shape index (κ3) is 4.07. The maximum Gasteiger partial charge on any atom is 0.0547 e. The van der Waals surface area contributed by atoms with Crippen molar-refractivity contribution < 1.29 is 0 Å². The Kier molecular flexibility index (Phi) is 4.72. The van der Waals surface area contributed by atoms with Gasteiger partial charge in [-0.1, -0.05) is 19.9 Å². The van der Waals surface area contributed by atoms with Gasteiger partial charge in [-0.3, -0.25) is 9.88 Å². The van der Waals surface area contributed by atoms with Crippen LogP contribution in [0.15, 0.2) is 18.2 Å². The zero-order valence-electron chi connectivity index (χ0n) is 11.8. The zero-order valence-corrected chi connectivity index (χ0v) is 11.8. The predicted molar refractivity (Wildman–Crippen MR) is 75.5 cm³/mol. The Hall–Kier alpha value is -0.930. The molecule has 0 saturated carbocycles. The molecule has 2 heterocycles. The third-order valence-electron chi connectivity index (χ3n) is 3.43. The quantitative estimate of drug-likeness (QED) is 0.884. The number of aromatic nitrogens is 1. The second-order valence-electron chi connectivity index (χ2n) is 5.79. The van der Waals surface area contributed by atoms with Gasteiger partial charge in [-0.05, 0) is 31.4 Å². The Balaban J connectivity index is 1.89. The summed E-state index contributed by atoms with van der Waals surface area (Å²) < 4.78 is 0. The number of aryl methyl sites for hydroxylation is 1. The lowest BCUT2D eigenvalue weighted by molar-refractivity contribution is 0.178. The van der Waals surface area contributed by atoms with E-state index < -0.39 is 0 Å². The number of nitrogens with zero attached hydrogens (tertiary/aromatic N) is 2. The molecule has 1 aliphatic rings. The zero-order chi connectivity index (χ0) is 13.0. The first-order valence-electron chi connectivity index (χ1n) is 7.02. The lowest BCUT2D eigenvalue weighted by atomic mass is 10.0. The average molecular weight is 247 g/mol. The molecule has 0 aromatic carbocycles. The molecule has 3 heteroatoms. The Morgan fingerprint density at radius 3 is 3.00 bits per heavy atom. The molecule has 3 nitrogen and oxygen atoms in total. The summed E-state index contributed by atoms with van der Waals surface area (Å²) in [5, 5.41) is 3.62. The van der Waals surface area contributed by atoms with Crippen molar-refractivity contribution in [2.24, 2.45) is 5.92 Å². The van der Waals surface area contributed by atoms with Crippen LogP contribution in [0.4, 0.5) is 0 Å². The molecule has 1 aromatic heterocycles. The molecule has 0 spiro atoms. The molecule has 1 unspecified atom stereocenters. The normalized spacial score (nSPS) is 21.4. The number of hydrogen-bond donors (Lipinski definition) is 1. The fourth-order valence-electron chi connectivity index (χ4n) is 2.68. The van der Waals surface area contributed by atoms with E-state index in [-0.39, 0.29) is 0 Å². The molecule has 1 fully saturated rings. The minimum atomic E-state index is 0.642. The Morgan fingerprint density at radius 2 is 2.28 bits per heavy atom.